The third-order valence-corrected chi connectivity index (χ3v) is 2.89. The molecule has 0 aromatic heterocycles. The SMILES string of the molecule is CC(O)C(=O)[O-].C[N+](C)(C)CCO.C[N+](C)(C)CCO.O=C([O-])c1ccccc1. The number of hydrogen-bond donors (Lipinski definition) is 3. The van der Waals surface area contributed by atoms with Crippen LogP contribution in [-0.4, -0.2) is 111 Å². The van der Waals surface area contributed by atoms with Gasteiger partial charge < -0.3 is 44.1 Å². The highest BCUT2D eigenvalue weighted by Crippen LogP contribution is 1.94. The van der Waals surface area contributed by atoms with Crippen molar-refractivity contribution in [3.05, 3.63) is 35.9 Å². The molecule has 29 heavy (non-hydrogen) atoms. The molecule has 0 spiro atoms. The van der Waals surface area contributed by atoms with Crippen LogP contribution in [0.1, 0.15) is 17.3 Å². The summed E-state index contributed by atoms with van der Waals surface area (Å²) in [7, 11) is 12.3. The van der Waals surface area contributed by atoms with Gasteiger partial charge in [0.05, 0.1) is 73.5 Å². The van der Waals surface area contributed by atoms with Crippen molar-refractivity contribution in [3.8, 4) is 0 Å². The van der Waals surface area contributed by atoms with Crippen molar-refractivity contribution in [2.45, 2.75) is 13.0 Å². The van der Waals surface area contributed by atoms with Gasteiger partial charge in [0.15, 0.2) is 0 Å². The third-order valence-electron chi connectivity index (χ3n) is 2.89. The second-order valence-electron chi connectivity index (χ2n) is 8.12. The Hall–Kier alpha value is -2.04. The highest BCUT2D eigenvalue weighted by Gasteiger charge is 2.02. The molecule has 1 aromatic rings. The third kappa shape index (κ3) is 30.9. The smallest absolute Gasteiger partial charge is 0.101 e. The maximum absolute atomic E-state index is 10.1. The van der Waals surface area contributed by atoms with Gasteiger partial charge in [-0.1, -0.05) is 30.3 Å². The fourth-order valence-corrected chi connectivity index (χ4v) is 1.17. The summed E-state index contributed by atoms with van der Waals surface area (Å²) in [4.78, 5) is 19.4. The van der Waals surface area contributed by atoms with E-state index >= 15 is 0 Å². The van der Waals surface area contributed by atoms with Crippen LogP contribution < -0.4 is 10.2 Å². The van der Waals surface area contributed by atoms with Crippen LogP contribution in [0, 0.1) is 0 Å². The van der Waals surface area contributed by atoms with E-state index in [9.17, 15) is 19.8 Å². The molecule has 1 rings (SSSR count). The standard InChI is InChI=1S/C7H6O2.2C5H14NO.C3H6O3/c8-7(9)6-4-2-1-3-5-6;2*1-6(2,3)4-5-7;1-2(4)3(5)6/h1-5H,(H,8,9);2*7H,4-5H2,1-3H3;2,4H,1H3,(H,5,6)/q;2*+1;/p-2. The van der Waals surface area contributed by atoms with E-state index in [0.717, 1.165) is 29.0 Å². The zero-order valence-electron chi connectivity index (χ0n) is 18.7. The molecule has 0 bridgehead atoms. The number of rotatable bonds is 6. The van der Waals surface area contributed by atoms with Crippen molar-refractivity contribution in [1.82, 2.24) is 0 Å². The van der Waals surface area contributed by atoms with E-state index in [0.29, 0.717) is 0 Å². The molecule has 0 saturated carbocycles. The normalized spacial score (nSPS) is 11.4. The number of hydrogen-bond acceptors (Lipinski definition) is 7. The van der Waals surface area contributed by atoms with Crippen molar-refractivity contribution < 1.29 is 44.1 Å². The lowest BCUT2D eigenvalue weighted by Gasteiger charge is -2.21. The molecule has 3 N–H and O–H groups in total. The maximum Gasteiger partial charge on any atom is 0.101 e. The predicted molar refractivity (Wildman–Crippen MR) is 107 cm³/mol. The topological polar surface area (TPSA) is 141 Å². The van der Waals surface area contributed by atoms with Crippen molar-refractivity contribution in [2.75, 3.05) is 68.6 Å². The molecule has 0 fully saturated rings. The van der Waals surface area contributed by atoms with Gasteiger partial charge in [-0.15, -0.1) is 0 Å². The molecule has 9 nitrogen and oxygen atoms in total. The van der Waals surface area contributed by atoms with E-state index in [2.05, 4.69) is 42.3 Å². The Morgan fingerprint density at radius 1 is 0.862 bits per heavy atom. The Kier molecular flexibility index (Phi) is 18.4. The fraction of sp³-hybridized carbons (Fsp3) is 0.600. The summed E-state index contributed by atoms with van der Waals surface area (Å²) in [5, 5.41) is 44.2. The van der Waals surface area contributed by atoms with Gasteiger partial charge in [-0.05, 0) is 12.5 Å². The molecule has 0 aliphatic heterocycles. The molecule has 0 amide bonds. The number of nitrogens with zero attached hydrogens (tertiary/aromatic N) is 2. The number of quaternary nitrogens is 2. The van der Waals surface area contributed by atoms with E-state index in [-0.39, 0.29) is 18.8 Å². The minimum absolute atomic E-state index is 0.220. The molecule has 0 aliphatic carbocycles. The molecule has 0 heterocycles. The maximum atomic E-state index is 10.1. The van der Waals surface area contributed by atoms with Crippen molar-refractivity contribution in [2.24, 2.45) is 0 Å². The monoisotopic (exact) mass is 418 g/mol. The molecule has 1 atom stereocenters. The van der Waals surface area contributed by atoms with Crippen LogP contribution in [0.4, 0.5) is 0 Å². The van der Waals surface area contributed by atoms with E-state index in [1.165, 1.54) is 12.1 Å². The summed E-state index contributed by atoms with van der Waals surface area (Å²) in [6.07, 6.45) is -1.34. The van der Waals surface area contributed by atoms with Crippen LogP contribution in [0.5, 0.6) is 0 Å². The van der Waals surface area contributed by atoms with Gasteiger partial charge in [0, 0.05) is 0 Å². The van der Waals surface area contributed by atoms with Gasteiger partial charge >= 0.3 is 0 Å². The van der Waals surface area contributed by atoms with Crippen LogP contribution in [0.3, 0.4) is 0 Å². The average Bonchev–Trinajstić information content (AvgIpc) is 2.55. The lowest BCUT2D eigenvalue weighted by atomic mass is 10.2. The largest absolute Gasteiger partial charge is 0.547 e. The zero-order valence-corrected chi connectivity index (χ0v) is 18.7. The summed E-state index contributed by atoms with van der Waals surface area (Å²) < 4.78 is 1.69. The number of carbonyl (C=O) groups excluding carboxylic acids is 2. The first-order chi connectivity index (χ1) is 13.1. The van der Waals surface area contributed by atoms with Crippen LogP contribution in [0.15, 0.2) is 30.3 Å². The van der Waals surface area contributed by atoms with Crippen molar-refractivity contribution in [1.29, 1.82) is 0 Å². The number of likely N-dealkylation sites (N-methyl/N-ethyl adjacent to an activating group) is 2. The molecular formula is C20H38N2O7. The molecule has 1 unspecified atom stereocenters. The lowest BCUT2D eigenvalue weighted by Crippen LogP contribution is -2.36. The minimum Gasteiger partial charge on any atom is -0.547 e. The van der Waals surface area contributed by atoms with Crippen molar-refractivity contribution in [3.63, 3.8) is 0 Å². The van der Waals surface area contributed by atoms with Crippen LogP contribution in [0.25, 0.3) is 0 Å². The van der Waals surface area contributed by atoms with Gasteiger partial charge in [0.2, 0.25) is 0 Å². The van der Waals surface area contributed by atoms with Gasteiger partial charge in [-0.3, -0.25) is 0 Å². The van der Waals surface area contributed by atoms with E-state index in [4.69, 9.17) is 15.3 Å². The van der Waals surface area contributed by atoms with Crippen LogP contribution in [0.2, 0.25) is 0 Å². The first kappa shape index (κ1) is 31.6. The van der Waals surface area contributed by atoms with Crippen LogP contribution >= 0.6 is 0 Å². The number of carbonyl (C=O) groups is 2. The molecular weight excluding hydrogens is 380 g/mol. The predicted octanol–water partition coefficient (Wildman–Crippen LogP) is -2.46. The zero-order chi connectivity index (χ0) is 23.7. The Balaban J connectivity index is -0.000000315. The Labute approximate surface area is 174 Å². The number of carboxylic acid groups (broad SMARTS) is 2. The number of aromatic carboxylic acids is 1. The Bertz CT molecular complexity index is 520. The van der Waals surface area contributed by atoms with E-state index in [1.807, 2.05) is 0 Å². The Morgan fingerprint density at radius 2 is 1.17 bits per heavy atom. The van der Waals surface area contributed by atoms with Crippen LogP contribution in [-0.2, 0) is 4.79 Å². The lowest BCUT2D eigenvalue weighted by molar-refractivity contribution is -0.870. The first-order valence-electron chi connectivity index (χ1n) is 9.05. The average molecular weight is 419 g/mol. The van der Waals surface area contributed by atoms with Gasteiger partial charge in [0.25, 0.3) is 0 Å². The molecule has 0 saturated heterocycles. The first-order valence-corrected chi connectivity index (χ1v) is 9.05. The summed E-state index contributed by atoms with van der Waals surface area (Å²) in [5.41, 5.74) is 0.220. The van der Waals surface area contributed by atoms with E-state index < -0.39 is 18.0 Å². The molecule has 9 heteroatoms. The van der Waals surface area contributed by atoms with Gasteiger partial charge in [0.1, 0.15) is 13.1 Å². The molecule has 170 valence electrons. The summed E-state index contributed by atoms with van der Waals surface area (Å²) in [6, 6.07) is 8.06. The second-order valence-corrected chi connectivity index (χ2v) is 8.12. The molecule has 0 aliphatic rings. The summed E-state index contributed by atoms with van der Waals surface area (Å²) in [6.45, 7) is 3.36. The quantitative estimate of drug-likeness (QED) is 0.435. The fourth-order valence-electron chi connectivity index (χ4n) is 1.17. The molecule has 1 aromatic carbocycles. The highest BCUT2D eigenvalue weighted by atomic mass is 16.4. The number of aliphatic carboxylic acids is 1. The van der Waals surface area contributed by atoms with Gasteiger partial charge in [-0.25, -0.2) is 0 Å². The van der Waals surface area contributed by atoms with Crippen molar-refractivity contribution >= 4 is 11.9 Å². The number of benzene rings is 1. The summed E-state index contributed by atoms with van der Waals surface area (Å²) >= 11 is 0. The Morgan fingerprint density at radius 3 is 1.28 bits per heavy atom. The minimum atomic E-state index is -1.44. The number of aliphatic hydroxyl groups excluding tert-OH is 3. The number of aliphatic hydroxyl groups is 3. The summed E-state index contributed by atoms with van der Waals surface area (Å²) in [5.74, 6) is -2.56. The number of carboxylic acids is 2. The van der Waals surface area contributed by atoms with E-state index in [1.54, 1.807) is 18.2 Å². The highest BCUT2D eigenvalue weighted by molar-refractivity contribution is 5.85. The second kappa shape index (κ2) is 16.9. The molecule has 0 radical (unpaired) electrons. The van der Waals surface area contributed by atoms with Gasteiger partial charge in [-0.2, -0.15) is 0 Å².